The van der Waals surface area contributed by atoms with Crippen LogP contribution >= 0.6 is 0 Å². The maximum atomic E-state index is 10.8. The number of hydrogen-bond donors (Lipinski definition) is 2. The Hall–Kier alpha value is -0.620. The summed E-state index contributed by atoms with van der Waals surface area (Å²) < 4.78 is 21.5. The maximum absolute atomic E-state index is 10.8. The molecule has 0 spiro atoms. The highest BCUT2D eigenvalue weighted by molar-refractivity contribution is 7.91. The normalized spacial score (nSPS) is 36.7. The Morgan fingerprint density at radius 1 is 1.73 bits per heavy atom. The number of carboxylic acids is 1. The molecule has 0 amide bonds. The lowest BCUT2D eigenvalue weighted by atomic mass is 10.3. The molecule has 1 saturated carbocycles. The van der Waals surface area contributed by atoms with E-state index in [0.29, 0.717) is 0 Å². The lowest BCUT2D eigenvalue weighted by molar-refractivity contribution is -0.139. The topological polar surface area (TPSA) is 97.5 Å². The third-order valence-corrected chi connectivity index (χ3v) is 3.47. The van der Waals surface area contributed by atoms with Crippen LogP contribution in [0.1, 0.15) is 6.42 Å². The minimum absolute atomic E-state index is 0.0289. The Morgan fingerprint density at radius 2 is 2.18 bits per heavy atom. The van der Waals surface area contributed by atoms with Crippen molar-refractivity contribution in [2.75, 3.05) is 6.26 Å². The van der Waals surface area contributed by atoms with Crippen molar-refractivity contribution in [1.82, 2.24) is 0 Å². The van der Waals surface area contributed by atoms with Gasteiger partial charge in [-0.15, -0.1) is 0 Å². The molecule has 0 bridgehead atoms. The average molecular weight is 179 g/mol. The van der Waals surface area contributed by atoms with Gasteiger partial charge in [0.05, 0.1) is 5.25 Å². The second-order valence-corrected chi connectivity index (χ2v) is 5.10. The Bertz CT molecular complexity index is 296. The van der Waals surface area contributed by atoms with E-state index in [0.717, 1.165) is 6.26 Å². The highest BCUT2D eigenvalue weighted by Crippen LogP contribution is 2.39. The minimum Gasteiger partial charge on any atom is -0.480 e. The van der Waals surface area contributed by atoms with Crippen LogP contribution in [0.2, 0.25) is 0 Å². The van der Waals surface area contributed by atoms with Crippen molar-refractivity contribution in [1.29, 1.82) is 0 Å². The summed E-state index contributed by atoms with van der Waals surface area (Å²) in [6, 6.07) is 0. The molecule has 0 aliphatic heterocycles. The number of nitrogens with two attached hydrogens (primary N) is 1. The summed E-state index contributed by atoms with van der Waals surface area (Å²) in [6.45, 7) is 0. The molecule has 1 aliphatic rings. The highest BCUT2D eigenvalue weighted by Gasteiger charge is 2.63. The van der Waals surface area contributed by atoms with E-state index in [1.165, 1.54) is 0 Å². The van der Waals surface area contributed by atoms with E-state index in [1.807, 2.05) is 0 Å². The maximum Gasteiger partial charge on any atom is 0.325 e. The van der Waals surface area contributed by atoms with Gasteiger partial charge in [-0.3, -0.25) is 4.79 Å². The van der Waals surface area contributed by atoms with Crippen LogP contribution in [0, 0.1) is 0 Å². The highest BCUT2D eigenvalue weighted by atomic mass is 32.2. The summed E-state index contributed by atoms with van der Waals surface area (Å²) in [4.78, 5) is 10.4. The molecule has 5 nitrogen and oxygen atoms in total. The third-order valence-electron chi connectivity index (χ3n) is 1.85. The first-order valence-corrected chi connectivity index (χ1v) is 4.95. The van der Waals surface area contributed by atoms with Crippen LogP contribution in [0.3, 0.4) is 0 Å². The SMILES string of the molecule is CS(=O)(=O)[C@@H]1C[C@@]1(N)C(=O)O. The zero-order valence-electron chi connectivity index (χ0n) is 5.94. The minimum atomic E-state index is -3.29. The summed E-state index contributed by atoms with van der Waals surface area (Å²) in [5.41, 5.74) is 3.72. The van der Waals surface area contributed by atoms with E-state index < -0.39 is 26.6 Å². The predicted octanol–water partition coefficient (Wildman–Crippen LogP) is -1.41. The van der Waals surface area contributed by atoms with Crippen LogP contribution in [-0.2, 0) is 14.6 Å². The molecular weight excluding hydrogens is 170 g/mol. The van der Waals surface area contributed by atoms with Crippen LogP contribution < -0.4 is 5.73 Å². The van der Waals surface area contributed by atoms with Crippen LogP contribution in [0.4, 0.5) is 0 Å². The van der Waals surface area contributed by atoms with Gasteiger partial charge in [-0.05, 0) is 6.42 Å². The summed E-state index contributed by atoms with van der Waals surface area (Å²) >= 11 is 0. The monoisotopic (exact) mass is 179 g/mol. The number of sulfone groups is 1. The van der Waals surface area contributed by atoms with E-state index in [-0.39, 0.29) is 6.42 Å². The van der Waals surface area contributed by atoms with Crippen molar-refractivity contribution in [2.45, 2.75) is 17.2 Å². The molecule has 0 saturated heterocycles. The van der Waals surface area contributed by atoms with Crippen molar-refractivity contribution in [3.63, 3.8) is 0 Å². The van der Waals surface area contributed by atoms with Crippen molar-refractivity contribution in [2.24, 2.45) is 5.73 Å². The second-order valence-electron chi connectivity index (χ2n) is 2.87. The first-order chi connectivity index (χ1) is 4.78. The van der Waals surface area contributed by atoms with Gasteiger partial charge in [0.25, 0.3) is 0 Å². The molecule has 0 aromatic carbocycles. The molecule has 64 valence electrons. The number of aliphatic carboxylic acids is 1. The Kier molecular flexibility index (Phi) is 1.50. The average Bonchev–Trinajstić information content (AvgIpc) is 2.41. The lowest BCUT2D eigenvalue weighted by Gasteiger charge is -2.01. The van der Waals surface area contributed by atoms with Gasteiger partial charge in [-0.1, -0.05) is 0 Å². The lowest BCUT2D eigenvalue weighted by Crippen LogP contribution is -2.38. The smallest absolute Gasteiger partial charge is 0.325 e. The fourth-order valence-electron chi connectivity index (χ4n) is 1.01. The van der Waals surface area contributed by atoms with Crippen molar-refractivity contribution >= 4 is 15.8 Å². The largest absolute Gasteiger partial charge is 0.480 e. The summed E-state index contributed by atoms with van der Waals surface area (Å²) in [5, 5.41) is 7.56. The van der Waals surface area contributed by atoms with Crippen molar-refractivity contribution in [3.8, 4) is 0 Å². The molecule has 0 radical (unpaired) electrons. The molecule has 3 N–H and O–H groups in total. The zero-order chi connectivity index (χ0) is 8.86. The van der Waals surface area contributed by atoms with Gasteiger partial charge in [0, 0.05) is 6.26 Å². The zero-order valence-corrected chi connectivity index (χ0v) is 6.76. The first-order valence-electron chi connectivity index (χ1n) is 2.99. The van der Waals surface area contributed by atoms with Crippen molar-refractivity contribution in [3.05, 3.63) is 0 Å². The van der Waals surface area contributed by atoms with Gasteiger partial charge >= 0.3 is 5.97 Å². The van der Waals surface area contributed by atoms with E-state index in [4.69, 9.17) is 10.8 Å². The molecule has 0 aromatic heterocycles. The molecular formula is C5H9NO4S. The van der Waals surface area contributed by atoms with Crippen LogP contribution in [0.25, 0.3) is 0 Å². The van der Waals surface area contributed by atoms with E-state index in [9.17, 15) is 13.2 Å². The molecule has 1 aliphatic carbocycles. The Balaban J connectivity index is 2.84. The van der Waals surface area contributed by atoms with Crippen LogP contribution in [0.15, 0.2) is 0 Å². The van der Waals surface area contributed by atoms with Crippen LogP contribution in [0.5, 0.6) is 0 Å². The number of hydrogen-bond acceptors (Lipinski definition) is 4. The molecule has 0 heterocycles. The van der Waals surface area contributed by atoms with Gasteiger partial charge in [-0.2, -0.15) is 0 Å². The van der Waals surface area contributed by atoms with E-state index >= 15 is 0 Å². The fourth-order valence-corrected chi connectivity index (χ4v) is 2.45. The molecule has 11 heavy (non-hydrogen) atoms. The summed E-state index contributed by atoms with van der Waals surface area (Å²) in [6.07, 6.45) is 1.02. The fraction of sp³-hybridized carbons (Fsp3) is 0.800. The molecule has 0 unspecified atom stereocenters. The standard InChI is InChI=1S/C5H9NO4S/c1-11(9,10)3-2-5(3,6)4(7)8/h3H,2,6H2,1H3,(H,7,8)/t3-,5+/m1/s1. The molecule has 1 rings (SSSR count). The molecule has 6 heteroatoms. The Labute approximate surface area is 64.1 Å². The summed E-state index contributed by atoms with van der Waals surface area (Å²) in [7, 11) is -3.29. The van der Waals surface area contributed by atoms with Gasteiger partial charge in [0.15, 0.2) is 9.84 Å². The van der Waals surface area contributed by atoms with Gasteiger partial charge in [0.1, 0.15) is 5.54 Å². The molecule has 0 aromatic rings. The molecule has 1 fully saturated rings. The third kappa shape index (κ3) is 1.23. The van der Waals surface area contributed by atoms with Gasteiger partial charge in [-0.25, -0.2) is 8.42 Å². The Morgan fingerprint density at radius 3 is 2.27 bits per heavy atom. The van der Waals surface area contributed by atoms with E-state index in [1.54, 1.807) is 0 Å². The number of rotatable bonds is 2. The van der Waals surface area contributed by atoms with Gasteiger partial charge < -0.3 is 10.8 Å². The second kappa shape index (κ2) is 1.95. The number of carbonyl (C=O) groups is 1. The first kappa shape index (κ1) is 8.48. The van der Waals surface area contributed by atoms with E-state index in [2.05, 4.69) is 0 Å². The summed E-state index contributed by atoms with van der Waals surface area (Å²) in [5.74, 6) is -1.24. The van der Waals surface area contributed by atoms with Crippen LogP contribution in [-0.4, -0.2) is 36.5 Å². The predicted molar refractivity (Wildman–Crippen MR) is 37.8 cm³/mol. The quantitative estimate of drug-likeness (QED) is 0.542. The molecule has 2 atom stereocenters. The number of carboxylic acid groups (broad SMARTS) is 1. The van der Waals surface area contributed by atoms with Gasteiger partial charge in [0.2, 0.25) is 0 Å². The van der Waals surface area contributed by atoms with Crippen molar-refractivity contribution < 1.29 is 18.3 Å².